The lowest BCUT2D eigenvalue weighted by Gasteiger charge is -2.18. The molecule has 1 aliphatic rings. The van der Waals surface area contributed by atoms with Crippen molar-refractivity contribution >= 4 is 22.7 Å². The molecule has 2 heterocycles. The Morgan fingerprint density at radius 1 is 1.19 bits per heavy atom. The molecule has 1 aromatic heterocycles. The van der Waals surface area contributed by atoms with Crippen LogP contribution in [0.1, 0.15) is 24.1 Å². The number of carbonyl (C=O) groups is 1. The van der Waals surface area contributed by atoms with Crippen LogP contribution in [-0.4, -0.2) is 23.8 Å². The molecule has 1 amide bonds. The van der Waals surface area contributed by atoms with Crippen LogP contribution in [0.4, 0.5) is 10.5 Å². The van der Waals surface area contributed by atoms with Gasteiger partial charge in [0.25, 0.3) is 0 Å². The average molecular weight is 349 g/mol. The first-order valence-corrected chi connectivity index (χ1v) is 8.93. The molecule has 1 saturated heterocycles. The molecule has 1 fully saturated rings. The summed E-state index contributed by atoms with van der Waals surface area (Å²) in [6.45, 7) is 4.00. The van der Waals surface area contributed by atoms with Crippen LogP contribution in [0, 0.1) is 0 Å². The highest BCUT2D eigenvalue weighted by atomic mass is 16.6. The van der Waals surface area contributed by atoms with Gasteiger partial charge in [0.2, 0.25) is 0 Å². The number of anilines is 1. The third kappa shape index (κ3) is 3.18. The number of aromatic nitrogens is 1. The zero-order valence-corrected chi connectivity index (χ0v) is 15.1. The number of fused-ring (bicyclic) bond motifs is 1. The summed E-state index contributed by atoms with van der Waals surface area (Å²) in [5.74, 6) is 0. The van der Waals surface area contributed by atoms with Crippen molar-refractivity contribution in [3.8, 4) is 0 Å². The quantitative estimate of drug-likeness (QED) is 0.758. The molecule has 0 saturated carbocycles. The molecule has 0 bridgehead atoms. The van der Waals surface area contributed by atoms with E-state index in [2.05, 4.69) is 66.5 Å². The van der Waals surface area contributed by atoms with Gasteiger partial charge >= 0.3 is 6.09 Å². The summed E-state index contributed by atoms with van der Waals surface area (Å²) in [5, 5.41) is 4.84. The van der Waals surface area contributed by atoms with E-state index in [9.17, 15) is 4.79 Å². The molecule has 1 N–H and O–H groups in total. The minimum absolute atomic E-state index is 0.178. The maximum absolute atomic E-state index is 11.8. The first-order chi connectivity index (χ1) is 12.6. The Hall–Kier alpha value is -2.79. The molecule has 26 heavy (non-hydrogen) atoms. The van der Waals surface area contributed by atoms with E-state index in [4.69, 9.17) is 4.74 Å². The van der Waals surface area contributed by atoms with Crippen molar-refractivity contribution in [1.29, 1.82) is 0 Å². The van der Waals surface area contributed by atoms with Gasteiger partial charge < -0.3 is 14.6 Å². The van der Waals surface area contributed by atoms with Crippen molar-refractivity contribution in [2.24, 2.45) is 7.05 Å². The minimum Gasteiger partial charge on any atom is -0.447 e. The molecule has 1 atom stereocenters. The van der Waals surface area contributed by atoms with Crippen LogP contribution >= 0.6 is 0 Å². The van der Waals surface area contributed by atoms with E-state index in [0.717, 1.165) is 17.8 Å². The van der Waals surface area contributed by atoms with Crippen LogP contribution in [0.3, 0.4) is 0 Å². The van der Waals surface area contributed by atoms with Crippen molar-refractivity contribution in [3.63, 3.8) is 0 Å². The van der Waals surface area contributed by atoms with Crippen LogP contribution in [0.25, 0.3) is 10.9 Å². The third-order valence-electron chi connectivity index (χ3n) is 5.01. The second kappa shape index (κ2) is 6.84. The number of amides is 1. The van der Waals surface area contributed by atoms with Crippen molar-refractivity contribution in [2.45, 2.75) is 19.5 Å². The van der Waals surface area contributed by atoms with Gasteiger partial charge in [-0.15, -0.1) is 0 Å². The number of cyclic esters (lactones) is 1. The summed E-state index contributed by atoms with van der Waals surface area (Å²) < 4.78 is 7.17. The minimum atomic E-state index is -0.265. The number of benzene rings is 2. The molecular weight excluding hydrogens is 326 g/mol. The van der Waals surface area contributed by atoms with Crippen LogP contribution in [-0.2, 0) is 18.3 Å². The van der Waals surface area contributed by atoms with E-state index in [1.54, 1.807) is 4.90 Å². The van der Waals surface area contributed by atoms with Gasteiger partial charge in [0.05, 0.1) is 6.54 Å². The molecule has 5 nitrogen and oxygen atoms in total. The number of ether oxygens (including phenoxy) is 1. The summed E-state index contributed by atoms with van der Waals surface area (Å²) in [6.07, 6.45) is 1.82. The first-order valence-electron chi connectivity index (χ1n) is 8.93. The maximum Gasteiger partial charge on any atom is 0.414 e. The molecule has 134 valence electrons. The molecule has 2 aromatic carbocycles. The van der Waals surface area contributed by atoms with Crippen LogP contribution in [0.5, 0.6) is 0 Å². The number of nitrogens with zero attached hydrogens (tertiary/aromatic N) is 2. The van der Waals surface area contributed by atoms with Crippen molar-refractivity contribution in [2.75, 3.05) is 18.1 Å². The van der Waals surface area contributed by atoms with Gasteiger partial charge in [-0.3, -0.25) is 4.90 Å². The van der Waals surface area contributed by atoms with Crippen molar-refractivity contribution in [1.82, 2.24) is 9.88 Å². The van der Waals surface area contributed by atoms with E-state index in [-0.39, 0.29) is 12.1 Å². The van der Waals surface area contributed by atoms with Gasteiger partial charge in [0, 0.05) is 37.0 Å². The summed E-state index contributed by atoms with van der Waals surface area (Å²) in [4.78, 5) is 13.4. The van der Waals surface area contributed by atoms with Crippen LogP contribution in [0.2, 0.25) is 0 Å². The van der Waals surface area contributed by atoms with Gasteiger partial charge in [-0.2, -0.15) is 0 Å². The molecule has 0 aliphatic carbocycles. The molecular formula is C21H23N3O2. The van der Waals surface area contributed by atoms with Gasteiger partial charge in [-0.25, -0.2) is 4.79 Å². The van der Waals surface area contributed by atoms with Crippen LogP contribution in [0.15, 0.2) is 54.7 Å². The standard InChI is InChI=1S/C21H23N3O2/c1-15(18-4-3-5-19(13-18)24-10-11-26-21(24)25)22-14-16-6-7-17-8-9-23(2)20(17)12-16/h3-9,12-13,15,22H,10-11,14H2,1-2H3. The smallest absolute Gasteiger partial charge is 0.414 e. The topological polar surface area (TPSA) is 46.5 Å². The van der Waals surface area contributed by atoms with E-state index >= 15 is 0 Å². The summed E-state index contributed by atoms with van der Waals surface area (Å²) >= 11 is 0. The Morgan fingerprint density at radius 3 is 2.88 bits per heavy atom. The van der Waals surface area contributed by atoms with Crippen molar-refractivity contribution < 1.29 is 9.53 Å². The number of rotatable bonds is 5. The first kappa shape index (κ1) is 16.7. The lowest BCUT2D eigenvalue weighted by atomic mass is 10.1. The zero-order chi connectivity index (χ0) is 18.1. The van der Waals surface area contributed by atoms with Crippen molar-refractivity contribution in [3.05, 3.63) is 65.9 Å². The number of carbonyl (C=O) groups excluding carboxylic acids is 1. The Balaban J connectivity index is 1.46. The SMILES string of the molecule is CC(NCc1ccc2ccn(C)c2c1)c1cccc(N2CCOC2=O)c1. The van der Waals surface area contributed by atoms with Gasteiger partial charge in [0.1, 0.15) is 6.61 Å². The average Bonchev–Trinajstić information content (AvgIpc) is 3.25. The highest BCUT2D eigenvalue weighted by Crippen LogP contribution is 2.24. The molecule has 1 unspecified atom stereocenters. The summed E-state index contributed by atoms with van der Waals surface area (Å²) in [7, 11) is 2.07. The van der Waals surface area contributed by atoms with Gasteiger partial charge in [-0.1, -0.05) is 24.3 Å². The molecule has 0 radical (unpaired) electrons. The van der Waals surface area contributed by atoms with E-state index in [1.165, 1.54) is 16.5 Å². The Bertz CT molecular complexity index is 947. The second-order valence-electron chi connectivity index (χ2n) is 6.78. The van der Waals surface area contributed by atoms with E-state index in [1.807, 2.05) is 12.1 Å². The lowest BCUT2D eigenvalue weighted by molar-refractivity contribution is 0.181. The number of hydrogen-bond donors (Lipinski definition) is 1. The molecule has 3 aromatic rings. The van der Waals surface area contributed by atoms with Gasteiger partial charge in [-0.05, 0) is 47.7 Å². The van der Waals surface area contributed by atoms with E-state index in [0.29, 0.717) is 13.2 Å². The summed E-state index contributed by atoms with van der Waals surface area (Å²) in [5.41, 5.74) is 4.54. The highest BCUT2D eigenvalue weighted by Gasteiger charge is 2.23. The van der Waals surface area contributed by atoms with E-state index < -0.39 is 0 Å². The maximum atomic E-state index is 11.8. The number of hydrogen-bond acceptors (Lipinski definition) is 3. The lowest BCUT2D eigenvalue weighted by Crippen LogP contribution is -2.24. The Labute approximate surface area is 153 Å². The molecule has 5 heteroatoms. The Morgan fingerprint density at radius 2 is 2.08 bits per heavy atom. The fourth-order valence-corrected chi connectivity index (χ4v) is 3.40. The molecule has 1 aliphatic heterocycles. The number of aryl methyl sites for hydroxylation is 1. The fourth-order valence-electron chi connectivity index (χ4n) is 3.40. The predicted octanol–water partition coefficient (Wildman–Crippen LogP) is 3.99. The number of nitrogens with one attached hydrogen (secondary N) is 1. The summed E-state index contributed by atoms with van der Waals surface area (Å²) in [6, 6.07) is 17.0. The second-order valence-corrected chi connectivity index (χ2v) is 6.78. The largest absolute Gasteiger partial charge is 0.447 e. The highest BCUT2D eigenvalue weighted by molar-refractivity contribution is 5.89. The zero-order valence-electron chi connectivity index (χ0n) is 15.1. The third-order valence-corrected chi connectivity index (χ3v) is 5.01. The monoisotopic (exact) mass is 349 g/mol. The molecule has 4 rings (SSSR count). The molecule has 0 spiro atoms. The normalized spacial score (nSPS) is 15.5. The predicted molar refractivity (Wildman–Crippen MR) is 103 cm³/mol. The van der Waals surface area contributed by atoms with Crippen LogP contribution < -0.4 is 10.2 Å². The van der Waals surface area contributed by atoms with Gasteiger partial charge in [0.15, 0.2) is 0 Å². The Kier molecular flexibility index (Phi) is 4.39. The fraction of sp³-hybridized carbons (Fsp3) is 0.286.